The van der Waals surface area contributed by atoms with Gasteiger partial charge in [-0.3, -0.25) is 9.48 Å². The van der Waals surface area contributed by atoms with Crippen LogP contribution in [0.2, 0.25) is 0 Å². The average molecular weight is 307 g/mol. The van der Waals surface area contributed by atoms with Crippen LogP contribution in [0.1, 0.15) is 35.2 Å². The Morgan fingerprint density at radius 3 is 3.19 bits per heavy atom. The Morgan fingerprint density at radius 2 is 2.48 bits per heavy atom. The maximum atomic E-state index is 11.3. The molecule has 0 amide bonds. The Hall–Kier alpha value is -1.96. The van der Waals surface area contributed by atoms with Gasteiger partial charge in [-0.2, -0.15) is 5.10 Å². The highest BCUT2D eigenvalue weighted by molar-refractivity contribution is 7.15. The highest BCUT2D eigenvalue weighted by Crippen LogP contribution is 2.36. The topological polar surface area (TPSA) is 92.9 Å². The molecule has 2 aromatic rings. The smallest absolute Gasteiger partial charge is 0.312 e. The van der Waals surface area contributed by atoms with Crippen LogP contribution in [0, 0.1) is 0 Å². The lowest BCUT2D eigenvalue weighted by Gasteiger charge is -2.16. The third-order valence-electron chi connectivity index (χ3n) is 3.52. The van der Waals surface area contributed by atoms with Gasteiger partial charge in [0, 0.05) is 24.9 Å². The van der Waals surface area contributed by atoms with E-state index in [0.29, 0.717) is 19.4 Å². The molecule has 112 valence electrons. The van der Waals surface area contributed by atoms with E-state index in [2.05, 4.69) is 20.4 Å². The summed E-state index contributed by atoms with van der Waals surface area (Å²) in [5.74, 6) is -0.432. The third-order valence-corrected chi connectivity index (χ3v) is 4.61. The van der Waals surface area contributed by atoms with Gasteiger partial charge in [0.2, 0.25) is 0 Å². The van der Waals surface area contributed by atoms with Crippen molar-refractivity contribution in [3.8, 4) is 0 Å². The summed E-state index contributed by atoms with van der Waals surface area (Å²) >= 11 is 1.57. The third kappa shape index (κ3) is 3.05. The quantitative estimate of drug-likeness (QED) is 0.868. The van der Waals surface area contributed by atoms with Gasteiger partial charge in [0.1, 0.15) is 12.2 Å². The summed E-state index contributed by atoms with van der Waals surface area (Å²) in [6.45, 7) is 0.689. The second kappa shape index (κ2) is 5.80. The molecule has 3 rings (SSSR count). The van der Waals surface area contributed by atoms with Gasteiger partial charge in [0.05, 0.1) is 5.69 Å². The number of carboxylic acids is 1. The van der Waals surface area contributed by atoms with Crippen molar-refractivity contribution in [1.82, 2.24) is 19.7 Å². The van der Waals surface area contributed by atoms with E-state index in [-0.39, 0.29) is 0 Å². The van der Waals surface area contributed by atoms with Crippen molar-refractivity contribution >= 4 is 22.4 Å². The zero-order chi connectivity index (χ0) is 14.8. The number of aromatic nitrogens is 4. The van der Waals surface area contributed by atoms with E-state index in [1.807, 2.05) is 7.05 Å². The minimum atomic E-state index is -0.773. The van der Waals surface area contributed by atoms with Crippen LogP contribution in [0.5, 0.6) is 0 Å². The molecule has 2 N–H and O–H groups in total. The molecular weight excluding hydrogens is 290 g/mol. The Balaban J connectivity index is 1.63. The van der Waals surface area contributed by atoms with Crippen LogP contribution in [-0.4, -0.2) is 37.4 Å². The minimum Gasteiger partial charge on any atom is -0.481 e. The van der Waals surface area contributed by atoms with E-state index >= 15 is 0 Å². The average Bonchev–Trinajstić information content (AvgIpc) is 3.04. The van der Waals surface area contributed by atoms with Gasteiger partial charge in [-0.05, 0) is 19.3 Å². The van der Waals surface area contributed by atoms with E-state index in [1.54, 1.807) is 22.3 Å². The highest BCUT2D eigenvalue weighted by Gasteiger charge is 2.29. The largest absolute Gasteiger partial charge is 0.481 e. The van der Waals surface area contributed by atoms with E-state index in [0.717, 1.165) is 34.4 Å². The normalized spacial score (nSPS) is 17.5. The number of rotatable bonds is 5. The molecule has 0 fully saturated rings. The predicted molar refractivity (Wildman–Crippen MR) is 78.6 cm³/mol. The van der Waals surface area contributed by atoms with Crippen LogP contribution in [0.25, 0.3) is 0 Å². The molecular formula is C13H17N5O2S. The molecule has 0 saturated heterocycles. The molecule has 0 bridgehead atoms. The first-order valence-corrected chi connectivity index (χ1v) is 7.76. The number of nitrogens with one attached hydrogen (secondary N) is 1. The lowest BCUT2D eigenvalue weighted by molar-refractivity contribution is -0.139. The van der Waals surface area contributed by atoms with Crippen LogP contribution in [0.15, 0.2) is 6.33 Å². The van der Waals surface area contributed by atoms with E-state index in [1.165, 1.54) is 0 Å². The van der Waals surface area contributed by atoms with Gasteiger partial charge in [-0.1, -0.05) is 0 Å². The monoisotopic (exact) mass is 307 g/mol. The number of fused-ring (bicyclic) bond motifs is 1. The van der Waals surface area contributed by atoms with Crippen LogP contribution < -0.4 is 5.32 Å². The number of carboxylic acid groups (broad SMARTS) is 1. The summed E-state index contributed by atoms with van der Waals surface area (Å²) in [4.78, 5) is 21.0. The fourth-order valence-corrected chi connectivity index (χ4v) is 3.60. The van der Waals surface area contributed by atoms with Gasteiger partial charge in [-0.25, -0.2) is 9.97 Å². The summed E-state index contributed by atoms with van der Waals surface area (Å²) in [5, 5.41) is 17.5. The van der Waals surface area contributed by atoms with Gasteiger partial charge in [0.25, 0.3) is 0 Å². The number of hydrogen-bond donors (Lipinski definition) is 2. The number of anilines is 1. The fourth-order valence-electron chi connectivity index (χ4n) is 2.51. The summed E-state index contributed by atoms with van der Waals surface area (Å²) in [6.07, 6.45) is 4.93. The van der Waals surface area contributed by atoms with Crippen molar-refractivity contribution in [2.45, 2.75) is 31.6 Å². The van der Waals surface area contributed by atoms with Crippen molar-refractivity contribution in [2.24, 2.45) is 7.05 Å². The molecule has 0 aliphatic heterocycles. The Kier molecular flexibility index (Phi) is 3.87. The lowest BCUT2D eigenvalue weighted by atomic mass is 9.91. The number of nitrogens with zero attached hydrogens (tertiary/aromatic N) is 4. The Bertz CT molecular complexity index is 651. The van der Waals surface area contributed by atoms with Crippen molar-refractivity contribution < 1.29 is 9.90 Å². The van der Waals surface area contributed by atoms with Crippen LogP contribution in [0.3, 0.4) is 0 Å². The van der Waals surface area contributed by atoms with Crippen molar-refractivity contribution in [1.29, 1.82) is 0 Å². The number of thiazole rings is 1. The molecule has 1 aliphatic carbocycles. The standard InChI is InChI=1S/C13H17N5O2S/c1-18-7-15-10(17-18)5-6-14-13-16-11-8(12(19)20)3-2-4-9(11)21-13/h7-8H,2-6H2,1H3,(H,14,16)(H,19,20). The van der Waals surface area contributed by atoms with E-state index in [9.17, 15) is 9.90 Å². The van der Waals surface area contributed by atoms with Crippen molar-refractivity contribution in [3.05, 3.63) is 22.7 Å². The molecule has 1 atom stereocenters. The zero-order valence-corrected chi connectivity index (χ0v) is 12.6. The van der Waals surface area contributed by atoms with Crippen molar-refractivity contribution in [3.63, 3.8) is 0 Å². The number of carbonyl (C=O) groups is 1. The van der Waals surface area contributed by atoms with Crippen LogP contribution in [0.4, 0.5) is 5.13 Å². The highest BCUT2D eigenvalue weighted by atomic mass is 32.1. The molecule has 2 aromatic heterocycles. The molecule has 0 radical (unpaired) electrons. The molecule has 7 nitrogen and oxygen atoms in total. The molecule has 21 heavy (non-hydrogen) atoms. The zero-order valence-electron chi connectivity index (χ0n) is 11.7. The summed E-state index contributed by atoms with van der Waals surface area (Å²) in [7, 11) is 1.84. The number of aliphatic carboxylic acids is 1. The van der Waals surface area contributed by atoms with E-state index in [4.69, 9.17) is 0 Å². The first-order chi connectivity index (χ1) is 10.1. The molecule has 2 heterocycles. The summed E-state index contributed by atoms with van der Waals surface area (Å²) in [6, 6.07) is 0. The summed E-state index contributed by atoms with van der Waals surface area (Å²) in [5.41, 5.74) is 0.747. The second-order valence-electron chi connectivity index (χ2n) is 5.12. The number of aryl methyl sites for hydroxylation is 2. The molecule has 0 saturated carbocycles. The van der Waals surface area contributed by atoms with Crippen LogP contribution >= 0.6 is 11.3 Å². The van der Waals surface area contributed by atoms with Gasteiger partial charge in [0.15, 0.2) is 11.0 Å². The predicted octanol–water partition coefficient (Wildman–Crippen LogP) is 1.43. The maximum Gasteiger partial charge on any atom is 0.312 e. The first-order valence-electron chi connectivity index (χ1n) is 6.94. The van der Waals surface area contributed by atoms with Gasteiger partial charge in [-0.15, -0.1) is 11.3 Å². The SMILES string of the molecule is Cn1cnc(CCNc2nc3c(s2)CCCC3C(=O)O)n1. The fraction of sp³-hybridized carbons (Fsp3) is 0.538. The summed E-state index contributed by atoms with van der Waals surface area (Å²) < 4.78 is 1.68. The Labute approximate surface area is 126 Å². The van der Waals surface area contributed by atoms with Gasteiger partial charge < -0.3 is 10.4 Å². The van der Waals surface area contributed by atoms with Gasteiger partial charge >= 0.3 is 5.97 Å². The molecule has 0 aromatic carbocycles. The molecule has 1 unspecified atom stereocenters. The number of hydrogen-bond acceptors (Lipinski definition) is 6. The Morgan fingerprint density at radius 1 is 1.62 bits per heavy atom. The molecule has 8 heteroatoms. The molecule has 0 spiro atoms. The van der Waals surface area contributed by atoms with Crippen molar-refractivity contribution in [2.75, 3.05) is 11.9 Å². The minimum absolute atomic E-state index is 0.446. The maximum absolute atomic E-state index is 11.3. The van der Waals surface area contributed by atoms with Crippen LogP contribution in [-0.2, 0) is 24.7 Å². The lowest BCUT2D eigenvalue weighted by Crippen LogP contribution is -2.17. The first kappa shape index (κ1) is 14.0. The van der Waals surface area contributed by atoms with E-state index < -0.39 is 11.9 Å². The molecule has 1 aliphatic rings. The second-order valence-corrected chi connectivity index (χ2v) is 6.21.